The third kappa shape index (κ3) is 8.80. The van der Waals surface area contributed by atoms with Crippen molar-refractivity contribution in [1.29, 1.82) is 0 Å². The fourth-order valence-electron chi connectivity index (χ4n) is 4.02. The van der Waals surface area contributed by atoms with Gasteiger partial charge >= 0.3 is 19.4 Å². The Morgan fingerprint density at radius 3 is 2.75 bits per heavy atom. The van der Waals surface area contributed by atoms with Gasteiger partial charge in [-0.05, 0) is 37.9 Å². The van der Waals surface area contributed by atoms with Gasteiger partial charge in [0.15, 0.2) is 0 Å². The van der Waals surface area contributed by atoms with Crippen LogP contribution >= 0.6 is 7.75 Å². The molecular formula is C25H35N6O8P. The lowest BCUT2D eigenvalue weighted by Gasteiger charge is -2.25. The molecule has 15 heteroatoms. The van der Waals surface area contributed by atoms with Crippen LogP contribution in [0.1, 0.15) is 57.7 Å². The molecule has 0 spiro atoms. The summed E-state index contributed by atoms with van der Waals surface area (Å²) in [6, 6.07) is 6.44. The number of aryl methyl sites for hydroxylation is 1. The van der Waals surface area contributed by atoms with Crippen LogP contribution in [0.4, 0.5) is 0 Å². The molecule has 1 unspecified atom stereocenters. The molecule has 0 amide bonds. The molecular weight excluding hydrogens is 543 g/mol. The van der Waals surface area contributed by atoms with Crippen LogP contribution in [-0.2, 0) is 23.4 Å². The number of esters is 1. The van der Waals surface area contributed by atoms with Crippen molar-refractivity contribution in [3.05, 3.63) is 73.4 Å². The van der Waals surface area contributed by atoms with Gasteiger partial charge in [-0.25, -0.2) is 9.36 Å². The van der Waals surface area contributed by atoms with Crippen LogP contribution in [0, 0.1) is 6.92 Å². The summed E-state index contributed by atoms with van der Waals surface area (Å²) in [6.45, 7) is 4.97. The number of azide groups is 1. The first kappa shape index (κ1) is 31.1. The van der Waals surface area contributed by atoms with E-state index >= 15 is 0 Å². The summed E-state index contributed by atoms with van der Waals surface area (Å²) in [5, 5.41) is 6.36. The number of aromatic nitrogens is 2. The second-order valence-corrected chi connectivity index (χ2v) is 11.1. The van der Waals surface area contributed by atoms with E-state index in [2.05, 4.69) is 27.0 Å². The van der Waals surface area contributed by atoms with Crippen molar-refractivity contribution < 1.29 is 27.9 Å². The van der Waals surface area contributed by atoms with Gasteiger partial charge in [0, 0.05) is 23.1 Å². The van der Waals surface area contributed by atoms with Crippen LogP contribution in [0.15, 0.2) is 51.2 Å². The van der Waals surface area contributed by atoms with E-state index in [0.29, 0.717) is 5.56 Å². The summed E-state index contributed by atoms with van der Waals surface area (Å²) < 4.78 is 37.6. The average Bonchev–Trinajstić information content (AvgIpc) is 3.32. The number of nitrogens with one attached hydrogen (secondary N) is 2. The zero-order chi connectivity index (χ0) is 29.1. The van der Waals surface area contributed by atoms with Gasteiger partial charge < -0.3 is 14.0 Å². The number of hydrogen-bond donors (Lipinski definition) is 2. The highest BCUT2D eigenvalue weighted by Gasteiger charge is 2.40. The Bertz CT molecular complexity index is 1340. The number of rotatable bonds is 15. The minimum atomic E-state index is -4.20. The summed E-state index contributed by atoms with van der Waals surface area (Å²) >= 11 is 0. The van der Waals surface area contributed by atoms with Crippen LogP contribution in [0.5, 0.6) is 5.75 Å². The Hall–Kier alpha value is -3.41. The topological polar surface area (TPSA) is 187 Å². The molecule has 1 aromatic heterocycles. The number of unbranched alkanes of at least 4 members (excludes halogenated alkanes) is 3. The van der Waals surface area contributed by atoms with Gasteiger partial charge in [0.05, 0.1) is 25.4 Å². The SMILES string of the molecule is CCCCCCOC(=O)[C@H](C)NP(=O)(OC[C@H]1O[C@@H](n2cc(C)c(=O)[nH]c2=O)C[C@@H]1N=[N+]=[N-])Oc1ccccc1. The van der Waals surface area contributed by atoms with Crippen molar-refractivity contribution in [1.82, 2.24) is 14.6 Å². The van der Waals surface area contributed by atoms with Gasteiger partial charge in [0.1, 0.15) is 18.0 Å². The largest absolute Gasteiger partial charge is 0.465 e. The van der Waals surface area contributed by atoms with Gasteiger partial charge in [-0.3, -0.25) is 23.7 Å². The van der Waals surface area contributed by atoms with Crippen molar-refractivity contribution >= 4 is 13.7 Å². The van der Waals surface area contributed by atoms with Crippen LogP contribution in [-0.4, -0.2) is 46.9 Å². The molecule has 218 valence electrons. The first-order valence-electron chi connectivity index (χ1n) is 13.1. The lowest BCUT2D eigenvalue weighted by Crippen LogP contribution is -2.36. The van der Waals surface area contributed by atoms with E-state index in [1.165, 1.54) is 24.6 Å². The number of carbonyl (C=O) groups excluding carboxylic acids is 1. The number of benzene rings is 1. The second-order valence-electron chi connectivity index (χ2n) is 9.39. The molecule has 14 nitrogen and oxygen atoms in total. The number of hydrogen-bond acceptors (Lipinski definition) is 9. The first-order chi connectivity index (χ1) is 19.2. The molecule has 0 saturated carbocycles. The Labute approximate surface area is 231 Å². The molecule has 0 radical (unpaired) electrons. The van der Waals surface area contributed by atoms with Crippen molar-refractivity contribution in [2.45, 2.75) is 77.3 Å². The molecule has 3 rings (SSSR count). The van der Waals surface area contributed by atoms with Gasteiger partial charge in [-0.1, -0.05) is 49.5 Å². The Morgan fingerprint density at radius 1 is 1.30 bits per heavy atom. The van der Waals surface area contributed by atoms with Crippen molar-refractivity contribution in [2.24, 2.45) is 5.11 Å². The van der Waals surface area contributed by atoms with Crippen molar-refractivity contribution in [3.8, 4) is 5.75 Å². The number of H-pyrrole nitrogens is 1. The average molecular weight is 579 g/mol. The van der Waals surface area contributed by atoms with Crippen molar-refractivity contribution in [3.63, 3.8) is 0 Å². The summed E-state index contributed by atoms with van der Waals surface area (Å²) in [5.41, 5.74) is 8.14. The maximum absolute atomic E-state index is 13.8. The van der Waals surface area contributed by atoms with E-state index in [1.54, 1.807) is 30.3 Å². The number of aromatic amines is 1. The zero-order valence-electron chi connectivity index (χ0n) is 22.7. The highest BCUT2D eigenvalue weighted by Crippen LogP contribution is 2.46. The Morgan fingerprint density at radius 2 is 2.05 bits per heavy atom. The molecule has 2 heterocycles. The number of ether oxygens (including phenoxy) is 2. The predicted octanol–water partition coefficient (Wildman–Crippen LogP) is 4.12. The van der Waals surface area contributed by atoms with Crippen LogP contribution in [0.2, 0.25) is 0 Å². The molecule has 1 aliphatic rings. The molecule has 5 atom stereocenters. The minimum Gasteiger partial charge on any atom is -0.465 e. The maximum atomic E-state index is 13.8. The molecule has 2 aromatic rings. The molecule has 40 heavy (non-hydrogen) atoms. The standard InChI is InChI=1S/C25H35N6O8P/c1-4-5-6-10-13-36-24(33)18(3)29-40(35,39-19-11-8-7-9-12-19)37-16-21-20(28-30-26)14-22(38-21)31-15-17(2)23(32)27-25(31)34/h7-9,11-12,15,18,20-22H,4-6,10,13-14,16H2,1-3H3,(H,29,35)(H,27,32,34)/t18-,20-,21+,22+,40?/m0/s1. The zero-order valence-corrected chi connectivity index (χ0v) is 23.6. The highest BCUT2D eigenvalue weighted by molar-refractivity contribution is 7.52. The lowest BCUT2D eigenvalue weighted by molar-refractivity contribution is -0.145. The first-order valence-corrected chi connectivity index (χ1v) is 14.7. The van der Waals surface area contributed by atoms with E-state index in [1.807, 2.05) is 0 Å². The number of nitrogens with zero attached hydrogens (tertiary/aromatic N) is 4. The Balaban J connectivity index is 1.73. The summed E-state index contributed by atoms with van der Waals surface area (Å²) in [4.78, 5) is 41.7. The quantitative estimate of drug-likeness (QED) is 0.0783. The van der Waals surface area contributed by atoms with E-state index in [-0.39, 0.29) is 25.4 Å². The third-order valence-corrected chi connectivity index (χ3v) is 7.83. The third-order valence-electron chi connectivity index (χ3n) is 6.19. The van der Waals surface area contributed by atoms with E-state index in [4.69, 9.17) is 24.1 Å². The van der Waals surface area contributed by atoms with E-state index in [9.17, 15) is 18.9 Å². The number of carbonyl (C=O) groups is 1. The fraction of sp³-hybridized carbons (Fsp3) is 0.560. The van der Waals surface area contributed by atoms with Crippen LogP contribution in [0.3, 0.4) is 0 Å². The molecule has 1 saturated heterocycles. The van der Waals surface area contributed by atoms with Crippen LogP contribution in [0.25, 0.3) is 10.4 Å². The second kappa shape index (κ2) is 14.8. The molecule has 1 aromatic carbocycles. The van der Waals surface area contributed by atoms with E-state index in [0.717, 1.165) is 25.7 Å². The van der Waals surface area contributed by atoms with Gasteiger partial charge in [0.25, 0.3) is 5.56 Å². The highest BCUT2D eigenvalue weighted by atomic mass is 31.2. The van der Waals surface area contributed by atoms with Gasteiger partial charge in [0.2, 0.25) is 0 Å². The summed E-state index contributed by atoms with van der Waals surface area (Å²) in [5.74, 6) is -0.389. The normalized spacial score (nSPS) is 20.7. The fourth-order valence-corrected chi connectivity index (χ4v) is 5.52. The minimum absolute atomic E-state index is 0.0987. The summed E-state index contributed by atoms with van der Waals surface area (Å²) in [7, 11) is -4.20. The monoisotopic (exact) mass is 578 g/mol. The van der Waals surface area contributed by atoms with Crippen molar-refractivity contribution in [2.75, 3.05) is 13.2 Å². The smallest absolute Gasteiger partial charge is 0.459 e. The molecule has 2 N–H and O–H groups in total. The Kier molecular flexibility index (Phi) is 11.5. The molecule has 1 aliphatic heterocycles. The lowest BCUT2D eigenvalue weighted by atomic mass is 10.1. The maximum Gasteiger partial charge on any atom is 0.459 e. The van der Waals surface area contributed by atoms with E-state index < -0.39 is 49.4 Å². The van der Waals surface area contributed by atoms with Crippen LogP contribution < -0.4 is 20.9 Å². The molecule has 0 bridgehead atoms. The molecule has 1 fully saturated rings. The van der Waals surface area contributed by atoms with Gasteiger partial charge in [-0.15, -0.1) is 0 Å². The van der Waals surface area contributed by atoms with Gasteiger partial charge in [-0.2, -0.15) is 5.09 Å². The number of para-hydroxylation sites is 1. The summed E-state index contributed by atoms with van der Waals surface area (Å²) in [6.07, 6.45) is 3.40. The molecule has 0 aliphatic carbocycles. The predicted molar refractivity (Wildman–Crippen MR) is 146 cm³/mol.